The van der Waals surface area contributed by atoms with Crippen LogP contribution in [0.1, 0.15) is 33.4 Å². The zero-order valence-electron chi connectivity index (χ0n) is 18.9. The molecule has 0 spiro atoms. The molecule has 3 rings (SSSR count). The third-order valence-electron chi connectivity index (χ3n) is 4.52. The molecule has 1 fully saturated rings. The zero-order chi connectivity index (χ0) is 25.2. The highest BCUT2D eigenvalue weighted by Gasteiger charge is 2.54. The number of fused-ring (bicyclic) bond motifs is 1. The van der Waals surface area contributed by atoms with Crippen LogP contribution in [0.4, 0.5) is 9.93 Å². The van der Waals surface area contributed by atoms with Gasteiger partial charge in [0.15, 0.2) is 5.13 Å². The van der Waals surface area contributed by atoms with E-state index in [1.54, 1.807) is 26.2 Å². The van der Waals surface area contributed by atoms with E-state index in [0.717, 1.165) is 16.2 Å². The third-order valence-corrected chi connectivity index (χ3v) is 6.66. The van der Waals surface area contributed by atoms with Crippen molar-refractivity contribution in [1.29, 1.82) is 0 Å². The minimum Gasteiger partial charge on any atom is -0.477 e. The van der Waals surface area contributed by atoms with Gasteiger partial charge in [0, 0.05) is 23.6 Å². The number of amides is 3. The van der Waals surface area contributed by atoms with Crippen LogP contribution in [0.2, 0.25) is 0 Å². The minimum absolute atomic E-state index is 0.132. The lowest BCUT2D eigenvalue weighted by molar-refractivity contribution is -0.151. The summed E-state index contributed by atoms with van der Waals surface area (Å²) in [7, 11) is 0. The Hall–Kier alpha value is -3.13. The molecule has 0 radical (unpaired) electrons. The molecule has 3 amide bonds. The van der Waals surface area contributed by atoms with Crippen LogP contribution in [-0.4, -0.2) is 74.2 Å². The molecule has 2 aliphatic rings. The Bertz CT molecular complexity index is 1060. The Balaban J connectivity index is 1.58. The number of carbonyl (C=O) groups excluding carboxylic acids is 4. The van der Waals surface area contributed by atoms with Crippen molar-refractivity contribution < 1.29 is 38.6 Å². The average molecular weight is 513 g/mol. The number of esters is 1. The number of carboxylic acid groups (broad SMARTS) is 1. The number of aliphatic carboxylic acids is 1. The van der Waals surface area contributed by atoms with Gasteiger partial charge in [-0.3, -0.25) is 24.6 Å². The predicted octanol–water partition coefficient (Wildman–Crippen LogP) is 1.33. The number of ether oxygens (including phenoxy) is 2. The lowest BCUT2D eigenvalue weighted by Crippen LogP contribution is -2.70. The second-order valence-corrected chi connectivity index (χ2v) is 10.4. The zero-order valence-corrected chi connectivity index (χ0v) is 20.5. The molecule has 14 heteroatoms. The van der Waals surface area contributed by atoms with E-state index in [-0.39, 0.29) is 29.6 Å². The Kier molecular flexibility index (Phi) is 7.51. The van der Waals surface area contributed by atoms with Gasteiger partial charge in [0.25, 0.3) is 5.91 Å². The first-order chi connectivity index (χ1) is 15.9. The first-order valence-corrected chi connectivity index (χ1v) is 12.1. The van der Waals surface area contributed by atoms with Gasteiger partial charge in [0.1, 0.15) is 29.3 Å². The van der Waals surface area contributed by atoms with Gasteiger partial charge in [-0.2, -0.15) is 0 Å². The quantitative estimate of drug-likeness (QED) is 0.359. The molecule has 0 aromatic carbocycles. The van der Waals surface area contributed by atoms with Gasteiger partial charge in [-0.15, -0.1) is 23.1 Å². The molecule has 0 bridgehead atoms. The lowest BCUT2D eigenvalue weighted by atomic mass is 10.0. The van der Waals surface area contributed by atoms with Crippen molar-refractivity contribution in [2.45, 2.75) is 51.1 Å². The summed E-state index contributed by atoms with van der Waals surface area (Å²) in [6.45, 7) is 6.18. The van der Waals surface area contributed by atoms with Gasteiger partial charge in [-0.25, -0.2) is 14.6 Å². The summed E-state index contributed by atoms with van der Waals surface area (Å²) in [6, 6.07) is -0.889. The Labute approximate surface area is 203 Å². The normalized spacial score (nSPS) is 19.6. The second-order valence-electron chi connectivity index (χ2n) is 8.44. The Morgan fingerprint density at radius 3 is 2.62 bits per heavy atom. The van der Waals surface area contributed by atoms with Crippen LogP contribution < -0.4 is 10.6 Å². The average Bonchev–Trinajstić information content (AvgIpc) is 3.14. The SMILES string of the molecule is CC(=O)OCC1=C(C(=O)O)N2C(=O)C(NC(=O)Cc3csc(NC(=O)OC(C)(C)C)n3)C2SC1. The molecule has 0 aliphatic carbocycles. The number of rotatable bonds is 7. The van der Waals surface area contributed by atoms with Crippen molar-refractivity contribution in [3.8, 4) is 0 Å². The summed E-state index contributed by atoms with van der Waals surface area (Å²) in [5, 5.41) is 16.0. The van der Waals surface area contributed by atoms with Crippen LogP contribution >= 0.6 is 23.1 Å². The molecular formula is C20H24N4O8S2. The van der Waals surface area contributed by atoms with Gasteiger partial charge in [0.2, 0.25) is 5.91 Å². The van der Waals surface area contributed by atoms with E-state index in [0.29, 0.717) is 11.3 Å². The third kappa shape index (κ3) is 6.05. The fraction of sp³-hybridized carbons (Fsp3) is 0.500. The highest BCUT2D eigenvalue weighted by Crippen LogP contribution is 2.40. The molecule has 2 atom stereocenters. The van der Waals surface area contributed by atoms with Crippen molar-refractivity contribution in [3.05, 3.63) is 22.3 Å². The van der Waals surface area contributed by atoms with Gasteiger partial charge < -0.3 is 19.9 Å². The highest BCUT2D eigenvalue weighted by molar-refractivity contribution is 8.00. The monoisotopic (exact) mass is 512 g/mol. The molecule has 12 nitrogen and oxygen atoms in total. The van der Waals surface area contributed by atoms with Crippen LogP contribution in [0.25, 0.3) is 0 Å². The first-order valence-electron chi connectivity index (χ1n) is 10.1. The van der Waals surface area contributed by atoms with Crippen LogP contribution in [0, 0.1) is 0 Å². The van der Waals surface area contributed by atoms with Gasteiger partial charge >= 0.3 is 18.0 Å². The standard InChI is InChI=1S/C20H24N4O8S2/c1-9(25)31-6-10-7-33-16-13(15(27)24(16)14(10)17(28)29)22-12(26)5-11-8-34-18(21-11)23-19(30)32-20(2,3)4/h8,13,16H,5-7H2,1-4H3,(H,22,26)(H,28,29)(H,21,23,30). The molecule has 2 unspecified atom stereocenters. The number of carboxylic acids is 1. The van der Waals surface area contributed by atoms with E-state index in [1.807, 2.05) is 0 Å². The fourth-order valence-electron chi connectivity index (χ4n) is 3.21. The van der Waals surface area contributed by atoms with Crippen molar-refractivity contribution in [2.24, 2.45) is 0 Å². The number of thioether (sulfide) groups is 1. The number of hydrogen-bond acceptors (Lipinski definition) is 10. The highest BCUT2D eigenvalue weighted by atomic mass is 32.2. The molecule has 1 saturated heterocycles. The molecule has 0 saturated carbocycles. The van der Waals surface area contributed by atoms with Crippen molar-refractivity contribution >= 4 is 58.1 Å². The smallest absolute Gasteiger partial charge is 0.413 e. The Morgan fingerprint density at radius 2 is 2.00 bits per heavy atom. The largest absolute Gasteiger partial charge is 0.477 e. The number of hydrogen-bond donors (Lipinski definition) is 3. The fourth-order valence-corrected chi connectivity index (χ4v) is 5.23. The molecular weight excluding hydrogens is 488 g/mol. The van der Waals surface area contributed by atoms with Crippen LogP contribution in [0.15, 0.2) is 16.7 Å². The molecule has 1 aromatic rings. The summed E-state index contributed by atoms with van der Waals surface area (Å²) in [5.41, 5.74) is -0.183. The van der Waals surface area contributed by atoms with E-state index in [2.05, 4.69) is 15.6 Å². The van der Waals surface area contributed by atoms with Crippen molar-refractivity contribution in [1.82, 2.24) is 15.2 Å². The van der Waals surface area contributed by atoms with Crippen LogP contribution in [0.5, 0.6) is 0 Å². The topological polar surface area (TPSA) is 164 Å². The van der Waals surface area contributed by atoms with Gasteiger partial charge in [0.05, 0.1) is 12.1 Å². The van der Waals surface area contributed by atoms with Crippen LogP contribution in [0.3, 0.4) is 0 Å². The number of carbonyl (C=O) groups is 5. The molecule has 3 N–H and O–H groups in total. The van der Waals surface area contributed by atoms with Crippen molar-refractivity contribution in [3.63, 3.8) is 0 Å². The summed E-state index contributed by atoms with van der Waals surface area (Å²) >= 11 is 2.40. The van der Waals surface area contributed by atoms with E-state index in [1.165, 1.54) is 18.7 Å². The number of nitrogens with zero attached hydrogens (tertiary/aromatic N) is 2. The molecule has 2 aliphatic heterocycles. The predicted molar refractivity (Wildman–Crippen MR) is 122 cm³/mol. The van der Waals surface area contributed by atoms with Crippen molar-refractivity contribution in [2.75, 3.05) is 17.7 Å². The first kappa shape index (κ1) is 25.5. The molecule has 1 aromatic heterocycles. The van der Waals surface area contributed by atoms with Gasteiger partial charge in [-0.1, -0.05) is 0 Å². The second kappa shape index (κ2) is 10.0. The van der Waals surface area contributed by atoms with E-state index in [4.69, 9.17) is 9.47 Å². The maximum atomic E-state index is 12.6. The number of aromatic nitrogens is 1. The molecule has 184 valence electrons. The van der Waals surface area contributed by atoms with E-state index >= 15 is 0 Å². The number of anilines is 1. The summed E-state index contributed by atoms with van der Waals surface area (Å²) in [6.07, 6.45) is -0.796. The number of β-lactam (4-membered cyclic amide) rings is 1. The van der Waals surface area contributed by atoms with Crippen LogP contribution in [-0.2, 0) is 35.1 Å². The lowest BCUT2D eigenvalue weighted by Gasteiger charge is -2.49. The molecule has 34 heavy (non-hydrogen) atoms. The maximum Gasteiger partial charge on any atom is 0.413 e. The summed E-state index contributed by atoms with van der Waals surface area (Å²) in [5.74, 6) is -2.66. The van der Waals surface area contributed by atoms with E-state index < -0.39 is 46.9 Å². The number of thiazole rings is 1. The Morgan fingerprint density at radius 1 is 1.29 bits per heavy atom. The van der Waals surface area contributed by atoms with Gasteiger partial charge in [-0.05, 0) is 20.8 Å². The summed E-state index contributed by atoms with van der Waals surface area (Å²) in [4.78, 5) is 65.0. The number of nitrogens with one attached hydrogen (secondary N) is 2. The van der Waals surface area contributed by atoms with E-state index in [9.17, 15) is 29.1 Å². The minimum atomic E-state index is -1.31. The maximum absolute atomic E-state index is 12.6. The molecule has 3 heterocycles. The summed E-state index contributed by atoms with van der Waals surface area (Å²) < 4.78 is 10.0.